The molecule has 0 spiro atoms. The summed E-state index contributed by atoms with van der Waals surface area (Å²) < 4.78 is 19.9. The maximum absolute atomic E-state index is 14.4. The van der Waals surface area contributed by atoms with E-state index in [1.807, 2.05) is 25.1 Å². The molecule has 7 rings (SSSR count). The van der Waals surface area contributed by atoms with Crippen molar-refractivity contribution in [1.82, 2.24) is 30.4 Å². The third kappa shape index (κ3) is 9.17. The number of hydrogen-bond acceptors (Lipinski definition) is 9. The minimum atomic E-state index is -0.579. The standard InChI is InChI=1S/C39H46FN7O3S/c1-26-42-36(25-51-26)39(49)45-32-11-9-31(10-12-32)44-38(48)35-22-30(40)23-41-37(35)43-33-4-2-3-29(21-33)28-7-5-27(6-8-28)24-46-15-13-34(14-16-46)47-17-19-50-20-18-47/h2-8,21-23,25,31-32,34H,9-20,24H2,1H3,(H,41,43)(H,44,48)(H,45,49). The smallest absolute Gasteiger partial charge is 0.270 e. The van der Waals surface area contributed by atoms with E-state index in [4.69, 9.17) is 4.74 Å². The molecule has 2 amide bonds. The highest BCUT2D eigenvalue weighted by Gasteiger charge is 2.27. The van der Waals surface area contributed by atoms with Crippen molar-refractivity contribution in [3.63, 3.8) is 0 Å². The molecule has 268 valence electrons. The maximum atomic E-state index is 14.4. The quantitative estimate of drug-likeness (QED) is 0.179. The van der Waals surface area contributed by atoms with Crippen molar-refractivity contribution in [3.05, 3.63) is 93.8 Å². The van der Waals surface area contributed by atoms with Crippen LogP contribution in [0, 0.1) is 12.7 Å². The molecule has 1 aliphatic carbocycles. The van der Waals surface area contributed by atoms with Crippen molar-refractivity contribution < 1.29 is 18.7 Å². The van der Waals surface area contributed by atoms with E-state index in [0.29, 0.717) is 30.4 Å². The molecule has 2 aliphatic heterocycles. The Labute approximate surface area is 302 Å². The zero-order valence-electron chi connectivity index (χ0n) is 29.1. The highest BCUT2D eigenvalue weighted by atomic mass is 32.1. The van der Waals surface area contributed by atoms with Crippen LogP contribution in [0.3, 0.4) is 0 Å². The van der Waals surface area contributed by atoms with Gasteiger partial charge in [0.15, 0.2) is 0 Å². The van der Waals surface area contributed by atoms with Crippen molar-refractivity contribution in [2.24, 2.45) is 0 Å². The molecule has 2 aromatic heterocycles. The Morgan fingerprint density at radius 1 is 0.882 bits per heavy atom. The monoisotopic (exact) mass is 711 g/mol. The Balaban J connectivity index is 0.925. The number of likely N-dealkylation sites (tertiary alicyclic amines) is 1. The first-order valence-corrected chi connectivity index (χ1v) is 18.9. The number of anilines is 2. The molecule has 3 N–H and O–H groups in total. The molecule has 51 heavy (non-hydrogen) atoms. The Kier molecular flexibility index (Phi) is 11.3. The number of nitrogens with one attached hydrogen (secondary N) is 3. The molecule has 2 saturated heterocycles. The van der Waals surface area contributed by atoms with E-state index in [9.17, 15) is 14.0 Å². The SMILES string of the molecule is Cc1nc(C(=O)NC2CCC(NC(=O)c3cc(F)cnc3Nc3cccc(-c4ccc(CN5CCC(N6CCOCC6)CC5)cc4)c3)CC2)cs1. The van der Waals surface area contributed by atoms with Crippen LogP contribution >= 0.6 is 11.3 Å². The maximum Gasteiger partial charge on any atom is 0.270 e. The van der Waals surface area contributed by atoms with E-state index >= 15 is 0 Å². The largest absolute Gasteiger partial charge is 0.379 e. The molecule has 3 aliphatic rings. The van der Waals surface area contributed by atoms with Gasteiger partial charge in [0.1, 0.15) is 17.3 Å². The lowest BCUT2D eigenvalue weighted by atomic mass is 9.91. The van der Waals surface area contributed by atoms with Gasteiger partial charge >= 0.3 is 0 Å². The fraction of sp³-hybridized carbons (Fsp3) is 0.436. The third-order valence-corrected chi connectivity index (χ3v) is 11.1. The number of carbonyl (C=O) groups is 2. The zero-order valence-corrected chi connectivity index (χ0v) is 29.9. The van der Waals surface area contributed by atoms with Crippen LogP contribution in [-0.2, 0) is 11.3 Å². The van der Waals surface area contributed by atoms with Crippen molar-refractivity contribution >= 4 is 34.7 Å². The molecule has 4 heterocycles. The van der Waals surface area contributed by atoms with Gasteiger partial charge in [0.2, 0.25) is 0 Å². The number of aromatic nitrogens is 2. The number of pyridine rings is 1. The molecular weight excluding hydrogens is 666 g/mol. The molecule has 0 atom stereocenters. The van der Waals surface area contributed by atoms with Crippen LogP contribution in [0.2, 0.25) is 0 Å². The van der Waals surface area contributed by atoms with Gasteiger partial charge in [0.25, 0.3) is 11.8 Å². The number of nitrogens with zero attached hydrogens (tertiary/aromatic N) is 4. The topological polar surface area (TPSA) is 112 Å². The molecule has 0 radical (unpaired) electrons. The molecule has 12 heteroatoms. The number of morpholine rings is 1. The number of halogens is 1. The normalized spacial score (nSPS) is 20.5. The second-order valence-electron chi connectivity index (χ2n) is 13.9. The van der Waals surface area contributed by atoms with Gasteiger partial charge in [-0.25, -0.2) is 14.4 Å². The van der Waals surface area contributed by atoms with Crippen LogP contribution in [0.1, 0.15) is 69.9 Å². The van der Waals surface area contributed by atoms with E-state index in [-0.39, 0.29) is 29.5 Å². The first-order chi connectivity index (χ1) is 24.9. The number of hydrogen-bond donors (Lipinski definition) is 3. The predicted molar refractivity (Wildman–Crippen MR) is 198 cm³/mol. The van der Waals surface area contributed by atoms with Crippen LogP contribution < -0.4 is 16.0 Å². The Hall–Kier alpha value is -4.23. The minimum Gasteiger partial charge on any atom is -0.379 e. The number of amides is 2. The summed E-state index contributed by atoms with van der Waals surface area (Å²) >= 11 is 1.45. The van der Waals surface area contributed by atoms with Crippen LogP contribution in [0.5, 0.6) is 0 Å². The van der Waals surface area contributed by atoms with Gasteiger partial charge in [0, 0.05) is 48.8 Å². The summed E-state index contributed by atoms with van der Waals surface area (Å²) in [4.78, 5) is 39.6. The molecule has 2 aromatic carbocycles. The third-order valence-electron chi connectivity index (χ3n) is 10.3. The lowest BCUT2D eigenvalue weighted by Crippen LogP contribution is -2.48. The number of ether oxygens (including phenoxy) is 1. The van der Waals surface area contributed by atoms with Gasteiger partial charge in [-0.15, -0.1) is 11.3 Å². The first-order valence-electron chi connectivity index (χ1n) is 18.1. The van der Waals surface area contributed by atoms with Crippen LogP contribution in [-0.4, -0.2) is 89.1 Å². The van der Waals surface area contributed by atoms with E-state index in [1.165, 1.54) is 35.8 Å². The van der Waals surface area contributed by atoms with Crippen molar-refractivity contribution in [2.75, 3.05) is 44.7 Å². The lowest BCUT2D eigenvalue weighted by molar-refractivity contribution is 0.000230. The molecule has 0 unspecified atom stereocenters. The lowest BCUT2D eigenvalue weighted by Gasteiger charge is -2.40. The molecule has 1 saturated carbocycles. The van der Waals surface area contributed by atoms with Gasteiger partial charge in [-0.2, -0.15) is 0 Å². The number of thiazole rings is 1. The summed E-state index contributed by atoms with van der Waals surface area (Å²) in [6.07, 6.45) is 6.40. The zero-order chi connectivity index (χ0) is 35.2. The van der Waals surface area contributed by atoms with Crippen LogP contribution in [0.15, 0.2) is 66.2 Å². The van der Waals surface area contributed by atoms with E-state index in [2.05, 4.69) is 66.0 Å². The van der Waals surface area contributed by atoms with Crippen molar-refractivity contribution in [2.45, 2.75) is 70.1 Å². The first kappa shape index (κ1) is 35.2. The minimum absolute atomic E-state index is 0.0211. The Bertz CT molecular complexity index is 1800. The van der Waals surface area contributed by atoms with Gasteiger partial charge in [0.05, 0.1) is 30.0 Å². The fourth-order valence-electron chi connectivity index (χ4n) is 7.44. The Morgan fingerprint density at radius 2 is 1.59 bits per heavy atom. The summed E-state index contributed by atoms with van der Waals surface area (Å²) in [6.45, 7) is 8.87. The molecule has 3 fully saturated rings. The van der Waals surface area contributed by atoms with Crippen molar-refractivity contribution in [1.29, 1.82) is 0 Å². The molecule has 10 nitrogen and oxygen atoms in total. The number of carbonyl (C=O) groups excluding carboxylic acids is 2. The van der Waals surface area contributed by atoms with Gasteiger partial charge in [-0.3, -0.25) is 19.4 Å². The Morgan fingerprint density at radius 3 is 2.27 bits per heavy atom. The number of rotatable bonds is 10. The van der Waals surface area contributed by atoms with Gasteiger partial charge < -0.3 is 20.7 Å². The summed E-state index contributed by atoms with van der Waals surface area (Å²) in [5.41, 5.74) is 4.75. The average molecular weight is 712 g/mol. The average Bonchev–Trinajstić information content (AvgIpc) is 3.60. The second-order valence-corrected chi connectivity index (χ2v) is 14.9. The fourth-order valence-corrected chi connectivity index (χ4v) is 8.04. The van der Waals surface area contributed by atoms with E-state index in [1.54, 1.807) is 5.38 Å². The van der Waals surface area contributed by atoms with Gasteiger partial charge in [-0.05, 0) is 93.4 Å². The molecule has 4 aromatic rings. The number of piperidine rings is 1. The van der Waals surface area contributed by atoms with E-state index < -0.39 is 5.82 Å². The number of aryl methyl sites for hydroxylation is 1. The van der Waals surface area contributed by atoms with Gasteiger partial charge in [-0.1, -0.05) is 36.4 Å². The summed E-state index contributed by atoms with van der Waals surface area (Å²) in [5.74, 6) is -0.838. The number of benzene rings is 2. The summed E-state index contributed by atoms with van der Waals surface area (Å²) in [7, 11) is 0. The highest BCUT2D eigenvalue weighted by molar-refractivity contribution is 7.09. The molecular formula is C39H46FN7O3S. The van der Waals surface area contributed by atoms with Crippen molar-refractivity contribution in [3.8, 4) is 11.1 Å². The van der Waals surface area contributed by atoms with Crippen LogP contribution in [0.4, 0.5) is 15.9 Å². The molecule has 0 bridgehead atoms. The second kappa shape index (κ2) is 16.4. The summed E-state index contributed by atoms with van der Waals surface area (Å²) in [6, 6.07) is 18.5. The highest BCUT2D eigenvalue weighted by Crippen LogP contribution is 2.28. The summed E-state index contributed by atoms with van der Waals surface area (Å²) in [5, 5.41) is 12.0. The van der Waals surface area contributed by atoms with Crippen LogP contribution in [0.25, 0.3) is 11.1 Å². The predicted octanol–water partition coefficient (Wildman–Crippen LogP) is 6.16. The van der Waals surface area contributed by atoms with E-state index in [0.717, 1.165) is 86.8 Å².